The van der Waals surface area contributed by atoms with E-state index in [1.807, 2.05) is 6.92 Å². The van der Waals surface area contributed by atoms with E-state index >= 15 is 0 Å². The van der Waals surface area contributed by atoms with E-state index in [9.17, 15) is 18.7 Å². The fourth-order valence-electron chi connectivity index (χ4n) is 3.20. The molecule has 0 aliphatic heterocycles. The number of fused-ring (bicyclic) bond motifs is 3. The molecule has 3 N–H and O–H groups in total. The minimum absolute atomic E-state index is 0.0202. The molecule has 0 saturated heterocycles. The Balaban J connectivity index is 2.48. The molecule has 2 atom stereocenters. The first kappa shape index (κ1) is 16.0. The maximum Gasteiger partial charge on any atom is 0.295 e. The summed E-state index contributed by atoms with van der Waals surface area (Å²) >= 11 is 0. The second-order valence-corrected chi connectivity index (χ2v) is 6.39. The first-order valence-electron chi connectivity index (χ1n) is 7.18. The van der Waals surface area contributed by atoms with E-state index in [2.05, 4.69) is 0 Å². The van der Waals surface area contributed by atoms with E-state index in [1.165, 1.54) is 21.4 Å². The van der Waals surface area contributed by atoms with Crippen LogP contribution in [0.2, 0.25) is 0 Å². The summed E-state index contributed by atoms with van der Waals surface area (Å²) in [5, 5.41) is 10.9. The summed E-state index contributed by atoms with van der Waals surface area (Å²) in [4.78, 5) is 11.8. The highest BCUT2D eigenvalue weighted by atomic mass is 31.0. The van der Waals surface area contributed by atoms with Crippen molar-refractivity contribution in [1.82, 2.24) is 0 Å². The van der Waals surface area contributed by atoms with Crippen molar-refractivity contribution < 1.29 is 18.7 Å². The van der Waals surface area contributed by atoms with Gasteiger partial charge in [-0.3, -0.25) is 4.79 Å². The molecule has 3 rings (SSSR count). The number of nitrogens with two attached hydrogens (primary N) is 1. The predicted molar refractivity (Wildman–Crippen MR) is 87.4 cm³/mol. The minimum atomic E-state index is -3.50. The number of aryl methyl sites for hydroxylation is 1. The Hall–Kier alpha value is -1.84. The molecule has 3 nitrogen and oxygen atoms in total. The van der Waals surface area contributed by atoms with E-state index in [1.54, 1.807) is 24.3 Å². The van der Waals surface area contributed by atoms with Crippen LogP contribution in [-0.4, -0.2) is 16.7 Å². The van der Waals surface area contributed by atoms with Gasteiger partial charge in [0.1, 0.15) is 0 Å². The molecule has 0 radical (unpaired) electrons. The molecule has 120 valence electrons. The summed E-state index contributed by atoms with van der Waals surface area (Å²) in [6.07, 6.45) is 0.530. The number of halogens is 2. The third-order valence-electron chi connectivity index (χ3n) is 4.33. The number of rotatable bonds is 3. The van der Waals surface area contributed by atoms with Gasteiger partial charge in [-0.15, -0.1) is 0 Å². The van der Waals surface area contributed by atoms with Crippen molar-refractivity contribution in [2.45, 2.75) is 24.6 Å². The molecule has 0 spiro atoms. The Morgan fingerprint density at radius 3 is 2.52 bits per heavy atom. The van der Waals surface area contributed by atoms with Crippen LogP contribution in [0.1, 0.15) is 34.0 Å². The summed E-state index contributed by atoms with van der Waals surface area (Å²) in [5.41, 5.74) is 1.04. The monoisotopic (exact) mass is 335 g/mol. The van der Waals surface area contributed by atoms with Crippen molar-refractivity contribution in [3.8, 4) is 11.1 Å². The van der Waals surface area contributed by atoms with Gasteiger partial charge in [0.25, 0.3) is 5.66 Å². The van der Waals surface area contributed by atoms with Crippen molar-refractivity contribution in [2.24, 2.45) is 5.73 Å². The lowest BCUT2D eigenvalue weighted by Gasteiger charge is -2.32. The standard InChI is InChI=1S/C17H16F2NO2P/c1-2-9-7-11(15(20)21)14-10-5-3-4-6-12(10)16(22,13(14)8-9)17(18,19)23/h3-8,22H,2,23H2,1H3,(H2,20,21). The summed E-state index contributed by atoms with van der Waals surface area (Å²) in [7, 11) is 1.41. The van der Waals surface area contributed by atoms with Crippen molar-refractivity contribution in [1.29, 1.82) is 0 Å². The molecule has 0 bridgehead atoms. The topological polar surface area (TPSA) is 63.3 Å². The number of carbonyl (C=O) groups excluding carboxylic acids is 1. The van der Waals surface area contributed by atoms with Crippen molar-refractivity contribution in [2.75, 3.05) is 0 Å². The molecule has 2 unspecified atom stereocenters. The Morgan fingerprint density at radius 2 is 1.96 bits per heavy atom. The average molecular weight is 335 g/mol. The highest BCUT2D eigenvalue weighted by Crippen LogP contribution is 2.57. The zero-order valence-corrected chi connectivity index (χ0v) is 13.6. The van der Waals surface area contributed by atoms with Crippen molar-refractivity contribution in [3.63, 3.8) is 0 Å². The van der Waals surface area contributed by atoms with Crippen LogP contribution in [-0.2, 0) is 12.0 Å². The van der Waals surface area contributed by atoms with Crippen LogP contribution in [0, 0.1) is 0 Å². The molecule has 0 heterocycles. The highest BCUT2D eigenvalue weighted by molar-refractivity contribution is 7.18. The third kappa shape index (κ3) is 2.11. The SMILES string of the molecule is CCc1cc(C(N)=O)c2c(c1)C(O)(C(F)(F)P)c1ccccc1-2. The quantitative estimate of drug-likeness (QED) is 0.847. The highest BCUT2D eigenvalue weighted by Gasteiger charge is 2.57. The van der Waals surface area contributed by atoms with Gasteiger partial charge in [-0.25, -0.2) is 0 Å². The summed E-state index contributed by atoms with van der Waals surface area (Å²) in [5.74, 6) is -0.706. The lowest BCUT2D eigenvalue weighted by atomic mass is 9.89. The number of carbonyl (C=O) groups is 1. The van der Waals surface area contributed by atoms with E-state index in [4.69, 9.17) is 5.73 Å². The lowest BCUT2D eigenvalue weighted by Crippen LogP contribution is -2.40. The fraction of sp³-hybridized carbons (Fsp3) is 0.235. The molecule has 2 aromatic carbocycles. The van der Waals surface area contributed by atoms with Crippen LogP contribution < -0.4 is 5.73 Å². The maximum absolute atomic E-state index is 14.3. The van der Waals surface area contributed by atoms with Crippen LogP contribution in [0.25, 0.3) is 11.1 Å². The molecule has 2 aromatic rings. The van der Waals surface area contributed by atoms with E-state index in [0.717, 1.165) is 0 Å². The van der Waals surface area contributed by atoms with Gasteiger partial charge in [0.05, 0.1) is 0 Å². The molecular weight excluding hydrogens is 319 g/mol. The number of hydrogen-bond acceptors (Lipinski definition) is 2. The largest absolute Gasteiger partial charge is 0.374 e. The normalized spacial score (nSPS) is 19.3. The van der Waals surface area contributed by atoms with Crippen molar-refractivity contribution >= 4 is 15.1 Å². The smallest absolute Gasteiger partial charge is 0.295 e. The molecule has 1 aliphatic carbocycles. The average Bonchev–Trinajstić information content (AvgIpc) is 2.77. The first-order chi connectivity index (χ1) is 10.7. The van der Waals surface area contributed by atoms with Crippen LogP contribution in [0.5, 0.6) is 0 Å². The third-order valence-corrected chi connectivity index (χ3v) is 4.75. The van der Waals surface area contributed by atoms with Crippen molar-refractivity contribution in [3.05, 3.63) is 58.7 Å². The van der Waals surface area contributed by atoms with Crippen LogP contribution in [0.4, 0.5) is 8.78 Å². The Labute approximate surface area is 134 Å². The second-order valence-electron chi connectivity index (χ2n) is 5.66. The molecule has 0 fully saturated rings. The first-order valence-corrected chi connectivity index (χ1v) is 7.75. The zero-order valence-electron chi connectivity index (χ0n) is 12.4. The van der Waals surface area contributed by atoms with Crippen LogP contribution in [0.15, 0.2) is 36.4 Å². The molecular formula is C17H16F2NO2P. The predicted octanol–water partition coefficient (Wildman–Crippen LogP) is 3.03. The Kier molecular flexibility index (Phi) is 3.54. The van der Waals surface area contributed by atoms with Gasteiger partial charge in [0.15, 0.2) is 5.60 Å². The molecule has 1 aliphatic rings. The van der Waals surface area contributed by atoms with Gasteiger partial charge in [0.2, 0.25) is 5.91 Å². The fourth-order valence-corrected chi connectivity index (χ4v) is 3.51. The van der Waals surface area contributed by atoms with E-state index < -0.39 is 17.2 Å². The van der Waals surface area contributed by atoms with Gasteiger partial charge >= 0.3 is 0 Å². The Morgan fingerprint density at radius 1 is 1.30 bits per heavy atom. The summed E-state index contributed by atoms with van der Waals surface area (Å²) < 4.78 is 28.7. The van der Waals surface area contributed by atoms with E-state index in [0.29, 0.717) is 17.5 Å². The van der Waals surface area contributed by atoms with Gasteiger partial charge in [-0.2, -0.15) is 8.78 Å². The number of amides is 1. The molecule has 23 heavy (non-hydrogen) atoms. The number of aliphatic hydroxyl groups is 1. The van der Waals surface area contributed by atoms with Gasteiger partial charge < -0.3 is 10.8 Å². The zero-order chi connectivity index (χ0) is 17.0. The van der Waals surface area contributed by atoms with E-state index in [-0.39, 0.29) is 22.3 Å². The molecule has 0 saturated carbocycles. The van der Waals surface area contributed by atoms with Gasteiger partial charge in [0, 0.05) is 22.3 Å². The lowest BCUT2D eigenvalue weighted by molar-refractivity contribution is -0.0964. The molecule has 1 amide bonds. The summed E-state index contributed by atoms with van der Waals surface area (Å²) in [6.45, 7) is 1.84. The number of alkyl halides is 2. The minimum Gasteiger partial charge on any atom is -0.374 e. The van der Waals surface area contributed by atoms with Crippen LogP contribution in [0.3, 0.4) is 0 Å². The second kappa shape index (κ2) is 5.08. The Bertz CT molecular complexity index is 817. The number of primary amides is 1. The molecule has 0 aromatic heterocycles. The van der Waals surface area contributed by atoms with Gasteiger partial charge in [-0.1, -0.05) is 46.5 Å². The number of hydrogen-bond donors (Lipinski definition) is 2. The maximum atomic E-state index is 14.3. The molecule has 6 heteroatoms. The van der Waals surface area contributed by atoms with Crippen LogP contribution >= 0.6 is 9.24 Å². The van der Waals surface area contributed by atoms with Gasteiger partial charge in [-0.05, 0) is 23.6 Å². The summed E-state index contributed by atoms with van der Waals surface area (Å²) in [6, 6.07) is 9.44. The number of benzene rings is 2.